The van der Waals surface area contributed by atoms with E-state index in [0.29, 0.717) is 18.1 Å². The summed E-state index contributed by atoms with van der Waals surface area (Å²) in [4.78, 5) is 0. The lowest BCUT2D eigenvalue weighted by Gasteiger charge is -2.25. The van der Waals surface area contributed by atoms with Crippen molar-refractivity contribution in [1.82, 2.24) is 5.32 Å². The van der Waals surface area contributed by atoms with E-state index in [0.717, 1.165) is 38.4 Å². The lowest BCUT2D eigenvalue weighted by atomic mass is 9.97. The molecule has 4 heteroatoms. The van der Waals surface area contributed by atoms with Gasteiger partial charge in [-0.15, -0.1) is 0 Å². The molecule has 0 aliphatic carbocycles. The zero-order valence-electron chi connectivity index (χ0n) is 12.0. The number of rotatable bonds is 6. The van der Waals surface area contributed by atoms with Crippen molar-refractivity contribution in [3.05, 3.63) is 35.4 Å². The molecule has 1 heterocycles. The van der Waals surface area contributed by atoms with Crippen LogP contribution in [0, 0.1) is 11.6 Å². The van der Waals surface area contributed by atoms with Gasteiger partial charge in [0, 0.05) is 12.6 Å². The molecule has 0 aromatic heterocycles. The summed E-state index contributed by atoms with van der Waals surface area (Å²) in [5, 5.41) is 3.19. The van der Waals surface area contributed by atoms with Gasteiger partial charge in [-0.3, -0.25) is 0 Å². The van der Waals surface area contributed by atoms with Crippen LogP contribution in [0.2, 0.25) is 0 Å². The van der Waals surface area contributed by atoms with Crippen LogP contribution in [-0.4, -0.2) is 25.8 Å². The molecule has 1 fully saturated rings. The second kappa shape index (κ2) is 7.70. The minimum absolute atomic E-state index is 0.150. The van der Waals surface area contributed by atoms with Gasteiger partial charge in [0.15, 0.2) is 0 Å². The number of halogens is 2. The molecule has 20 heavy (non-hydrogen) atoms. The van der Waals surface area contributed by atoms with E-state index in [2.05, 4.69) is 5.32 Å². The van der Waals surface area contributed by atoms with Gasteiger partial charge in [-0.25, -0.2) is 8.78 Å². The summed E-state index contributed by atoms with van der Waals surface area (Å²) in [6, 6.07) is 3.79. The van der Waals surface area contributed by atoms with E-state index in [1.165, 1.54) is 18.6 Å². The molecule has 1 aromatic rings. The molecule has 1 saturated heterocycles. The lowest BCUT2D eigenvalue weighted by molar-refractivity contribution is 0.00869. The highest BCUT2D eigenvalue weighted by Crippen LogP contribution is 2.19. The van der Waals surface area contributed by atoms with E-state index in [4.69, 9.17) is 4.74 Å². The fourth-order valence-electron chi connectivity index (χ4n) is 2.74. The van der Waals surface area contributed by atoms with Gasteiger partial charge < -0.3 is 10.1 Å². The van der Waals surface area contributed by atoms with Crippen LogP contribution < -0.4 is 5.32 Å². The Morgan fingerprint density at radius 2 is 2.20 bits per heavy atom. The number of ether oxygens (including phenoxy) is 1. The van der Waals surface area contributed by atoms with Crippen molar-refractivity contribution in [3.8, 4) is 0 Å². The molecule has 0 bridgehead atoms. The van der Waals surface area contributed by atoms with Crippen molar-refractivity contribution in [2.45, 2.75) is 50.7 Å². The maximum Gasteiger partial charge on any atom is 0.126 e. The van der Waals surface area contributed by atoms with Gasteiger partial charge >= 0.3 is 0 Å². The van der Waals surface area contributed by atoms with E-state index >= 15 is 0 Å². The largest absolute Gasteiger partial charge is 0.378 e. The monoisotopic (exact) mass is 283 g/mol. The first-order chi connectivity index (χ1) is 9.69. The van der Waals surface area contributed by atoms with E-state index in [-0.39, 0.29) is 17.7 Å². The van der Waals surface area contributed by atoms with Crippen molar-refractivity contribution >= 4 is 0 Å². The zero-order valence-corrected chi connectivity index (χ0v) is 12.0. The summed E-state index contributed by atoms with van der Waals surface area (Å²) in [5.41, 5.74) is 0.439. The Labute approximate surface area is 119 Å². The highest BCUT2D eigenvalue weighted by molar-refractivity contribution is 5.19. The quantitative estimate of drug-likeness (QED) is 0.863. The average molecular weight is 283 g/mol. The van der Waals surface area contributed by atoms with Crippen LogP contribution in [0.15, 0.2) is 18.2 Å². The standard InChI is InChI=1S/C16H23F2NO/c1-19-14(6-7-15-4-2-3-9-20-15)11-12-10-13(17)5-8-16(12)18/h5,8,10,14-15,19H,2-4,6-7,9,11H2,1H3. The van der Waals surface area contributed by atoms with Crippen molar-refractivity contribution in [3.63, 3.8) is 0 Å². The third-order valence-electron chi connectivity index (χ3n) is 3.99. The van der Waals surface area contributed by atoms with Crippen LogP contribution in [-0.2, 0) is 11.2 Å². The molecule has 2 atom stereocenters. The molecule has 1 N–H and O–H groups in total. The molecule has 1 aliphatic rings. The van der Waals surface area contributed by atoms with Crippen LogP contribution in [0.4, 0.5) is 8.78 Å². The highest BCUT2D eigenvalue weighted by atomic mass is 19.1. The van der Waals surface area contributed by atoms with Crippen LogP contribution in [0.25, 0.3) is 0 Å². The minimum atomic E-state index is -0.383. The first-order valence-corrected chi connectivity index (χ1v) is 7.42. The molecule has 0 radical (unpaired) electrons. The summed E-state index contributed by atoms with van der Waals surface area (Å²) in [5.74, 6) is -0.715. The third-order valence-corrected chi connectivity index (χ3v) is 3.99. The predicted octanol–water partition coefficient (Wildman–Crippen LogP) is 3.44. The number of benzene rings is 1. The fourth-order valence-corrected chi connectivity index (χ4v) is 2.74. The summed E-state index contributed by atoms with van der Waals surface area (Å²) in [7, 11) is 1.86. The van der Waals surface area contributed by atoms with Crippen LogP contribution >= 0.6 is 0 Å². The van der Waals surface area contributed by atoms with Crippen LogP contribution in [0.1, 0.15) is 37.7 Å². The Hall–Kier alpha value is -1.00. The second-order valence-corrected chi connectivity index (χ2v) is 5.49. The Balaban J connectivity index is 1.86. The van der Waals surface area contributed by atoms with Crippen LogP contribution in [0.5, 0.6) is 0 Å². The van der Waals surface area contributed by atoms with Gasteiger partial charge in [0.1, 0.15) is 11.6 Å². The van der Waals surface area contributed by atoms with Crippen LogP contribution in [0.3, 0.4) is 0 Å². The lowest BCUT2D eigenvalue weighted by Crippen LogP contribution is -2.30. The normalized spacial score (nSPS) is 20.9. The van der Waals surface area contributed by atoms with Gasteiger partial charge in [-0.2, -0.15) is 0 Å². The molecule has 112 valence electrons. The van der Waals surface area contributed by atoms with Gasteiger partial charge in [0.25, 0.3) is 0 Å². The highest BCUT2D eigenvalue weighted by Gasteiger charge is 2.17. The Morgan fingerprint density at radius 3 is 2.90 bits per heavy atom. The van der Waals surface area contributed by atoms with Crippen molar-refractivity contribution in [1.29, 1.82) is 0 Å². The van der Waals surface area contributed by atoms with E-state index in [9.17, 15) is 8.78 Å². The summed E-state index contributed by atoms with van der Waals surface area (Å²) in [6.07, 6.45) is 6.22. The molecule has 0 amide bonds. The smallest absolute Gasteiger partial charge is 0.126 e. The van der Waals surface area contributed by atoms with Crippen molar-refractivity contribution in [2.75, 3.05) is 13.7 Å². The number of likely N-dealkylation sites (N-methyl/N-ethyl adjacent to an activating group) is 1. The maximum atomic E-state index is 13.6. The van der Waals surface area contributed by atoms with Crippen molar-refractivity contribution < 1.29 is 13.5 Å². The molecule has 1 aromatic carbocycles. The first-order valence-electron chi connectivity index (χ1n) is 7.42. The minimum Gasteiger partial charge on any atom is -0.378 e. The van der Waals surface area contributed by atoms with Gasteiger partial charge in [0.05, 0.1) is 6.10 Å². The average Bonchev–Trinajstić information content (AvgIpc) is 2.48. The Kier molecular flexibility index (Phi) is 5.92. The number of hydrogen-bond acceptors (Lipinski definition) is 2. The molecular weight excluding hydrogens is 260 g/mol. The topological polar surface area (TPSA) is 21.3 Å². The summed E-state index contributed by atoms with van der Waals surface area (Å²) in [6.45, 7) is 0.855. The zero-order chi connectivity index (χ0) is 14.4. The van der Waals surface area contributed by atoms with E-state index < -0.39 is 0 Å². The third kappa shape index (κ3) is 4.53. The SMILES string of the molecule is CNC(CCC1CCCCO1)Cc1cc(F)ccc1F. The first kappa shape index (κ1) is 15.4. The molecular formula is C16H23F2NO. The molecule has 2 rings (SSSR count). The van der Waals surface area contributed by atoms with Crippen molar-refractivity contribution in [2.24, 2.45) is 0 Å². The molecule has 0 spiro atoms. The van der Waals surface area contributed by atoms with Gasteiger partial charge in [0.2, 0.25) is 0 Å². The molecule has 0 saturated carbocycles. The summed E-state index contributed by atoms with van der Waals surface area (Å²) >= 11 is 0. The maximum absolute atomic E-state index is 13.6. The predicted molar refractivity (Wildman–Crippen MR) is 75.7 cm³/mol. The Morgan fingerprint density at radius 1 is 1.35 bits per heavy atom. The molecule has 1 aliphatic heterocycles. The molecule has 2 nitrogen and oxygen atoms in total. The van der Waals surface area contributed by atoms with E-state index in [1.807, 2.05) is 7.05 Å². The molecule has 2 unspecified atom stereocenters. The summed E-state index contributed by atoms with van der Waals surface area (Å²) < 4.78 is 32.5. The number of nitrogens with one attached hydrogen (secondary N) is 1. The second-order valence-electron chi connectivity index (χ2n) is 5.49. The Bertz CT molecular complexity index is 419. The number of hydrogen-bond donors (Lipinski definition) is 1. The van der Waals surface area contributed by atoms with E-state index in [1.54, 1.807) is 0 Å². The van der Waals surface area contributed by atoms with Gasteiger partial charge in [-0.05, 0) is 69.3 Å². The van der Waals surface area contributed by atoms with Gasteiger partial charge in [-0.1, -0.05) is 0 Å². The fraction of sp³-hybridized carbons (Fsp3) is 0.625.